The molecule has 3 aliphatic rings. The Labute approximate surface area is 127 Å². The molecule has 3 heteroatoms. The zero-order valence-corrected chi connectivity index (χ0v) is 12.5. The summed E-state index contributed by atoms with van der Waals surface area (Å²) in [7, 11) is 0. The highest BCUT2D eigenvalue weighted by Crippen LogP contribution is 2.33. The van der Waals surface area contributed by atoms with Gasteiger partial charge in [0.05, 0.1) is 6.54 Å². The summed E-state index contributed by atoms with van der Waals surface area (Å²) in [5.74, 6) is 2.93. The van der Waals surface area contributed by atoms with Gasteiger partial charge in [0, 0.05) is 26.2 Å². The quantitative estimate of drug-likeness (QED) is 0.776. The predicted molar refractivity (Wildman–Crippen MR) is 86.1 cm³/mol. The molecule has 4 rings (SSSR count). The maximum Gasteiger partial charge on any atom is 0.197 e. The Morgan fingerprint density at radius 3 is 2.43 bits per heavy atom. The number of hydrogen-bond donors (Lipinski definition) is 0. The molecule has 110 valence electrons. The largest absolute Gasteiger partial charge is 0.342 e. The highest BCUT2D eigenvalue weighted by molar-refractivity contribution is 5.82. The van der Waals surface area contributed by atoms with Crippen LogP contribution in [0.15, 0.2) is 47.5 Å². The summed E-state index contributed by atoms with van der Waals surface area (Å²) >= 11 is 0. The first-order chi connectivity index (χ1) is 10.4. The van der Waals surface area contributed by atoms with Crippen molar-refractivity contribution >= 4 is 5.96 Å². The number of guanidine groups is 1. The normalized spacial score (nSPS) is 27.9. The Morgan fingerprint density at radius 1 is 1.00 bits per heavy atom. The van der Waals surface area contributed by atoms with Gasteiger partial charge in [-0.2, -0.15) is 0 Å². The van der Waals surface area contributed by atoms with Crippen LogP contribution in [0.5, 0.6) is 0 Å². The molecule has 3 nitrogen and oxygen atoms in total. The third-order valence-electron chi connectivity index (χ3n) is 5.03. The molecule has 1 aromatic rings. The van der Waals surface area contributed by atoms with Crippen molar-refractivity contribution in [1.82, 2.24) is 9.80 Å². The van der Waals surface area contributed by atoms with Crippen LogP contribution in [0.2, 0.25) is 0 Å². The smallest absolute Gasteiger partial charge is 0.197 e. The van der Waals surface area contributed by atoms with E-state index in [-0.39, 0.29) is 0 Å². The van der Waals surface area contributed by atoms with Crippen molar-refractivity contribution in [2.24, 2.45) is 16.8 Å². The van der Waals surface area contributed by atoms with Crippen molar-refractivity contribution < 1.29 is 0 Å². The molecule has 1 saturated heterocycles. The van der Waals surface area contributed by atoms with E-state index in [0.29, 0.717) is 0 Å². The van der Waals surface area contributed by atoms with Gasteiger partial charge in [0.2, 0.25) is 0 Å². The average Bonchev–Trinajstić information content (AvgIpc) is 3.14. The maximum atomic E-state index is 4.80. The molecule has 21 heavy (non-hydrogen) atoms. The first kappa shape index (κ1) is 12.9. The predicted octanol–water partition coefficient (Wildman–Crippen LogP) is 2.76. The van der Waals surface area contributed by atoms with E-state index >= 15 is 0 Å². The third kappa shape index (κ3) is 2.57. The lowest BCUT2D eigenvalue weighted by Gasteiger charge is -2.28. The van der Waals surface area contributed by atoms with Gasteiger partial charge in [-0.15, -0.1) is 0 Å². The fourth-order valence-electron chi connectivity index (χ4n) is 3.90. The second-order valence-electron chi connectivity index (χ2n) is 6.46. The van der Waals surface area contributed by atoms with E-state index in [1.165, 1.54) is 37.5 Å². The summed E-state index contributed by atoms with van der Waals surface area (Å²) in [6.45, 7) is 5.39. The van der Waals surface area contributed by atoms with Crippen LogP contribution in [0.25, 0.3) is 0 Å². The summed E-state index contributed by atoms with van der Waals surface area (Å²) in [4.78, 5) is 9.80. The van der Waals surface area contributed by atoms with Crippen LogP contribution in [0.4, 0.5) is 0 Å². The molecule has 2 atom stereocenters. The number of aliphatic imine (C=N–C) groups is 1. The summed E-state index contributed by atoms with van der Waals surface area (Å²) in [6, 6.07) is 10.8. The van der Waals surface area contributed by atoms with Gasteiger partial charge >= 0.3 is 0 Å². The molecule has 1 aromatic carbocycles. The Balaban J connectivity index is 1.45. The average molecular weight is 281 g/mol. The van der Waals surface area contributed by atoms with E-state index in [9.17, 15) is 0 Å². The monoisotopic (exact) mass is 281 g/mol. The minimum Gasteiger partial charge on any atom is -0.342 e. The summed E-state index contributed by atoms with van der Waals surface area (Å²) in [5.41, 5.74) is 1.38. The van der Waals surface area contributed by atoms with E-state index in [4.69, 9.17) is 4.99 Å². The van der Waals surface area contributed by atoms with Crippen molar-refractivity contribution in [3.05, 3.63) is 48.0 Å². The van der Waals surface area contributed by atoms with Crippen molar-refractivity contribution in [1.29, 1.82) is 0 Å². The fraction of sp³-hybridized carbons (Fsp3) is 0.500. The molecule has 0 unspecified atom stereocenters. The van der Waals surface area contributed by atoms with Crippen LogP contribution in [0.1, 0.15) is 18.4 Å². The van der Waals surface area contributed by atoms with Gasteiger partial charge in [0.25, 0.3) is 0 Å². The summed E-state index contributed by atoms with van der Waals surface area (Å²) < 4.78 is 0. The minimum atomic E-state index is 0.844. The lowest BCUT2D eigenvalue weighted by atomic mass is 9.86. The third-order valence-corrected chi connectivity index (χ3v) is 5.03. The molecule has 0 radical (unpaired) electrons. The Bertz CT molecular complexity index is 533. The SMILES string of the molecule is C1=CC[C@H]2CN(C3=NCCN3Cc3ccccc3)C[C@H]2C1. The van der Waals surface area contributed by atoms with Gasteiger partial charge in [0.15, 0.2) is 5.96 Å². The molecule has 2 aliphatic heterocycles. The van der Waals surface area contributed by atoms with Gasteiger partial charge in [-0.25, -0.2) is 0 Å². The molecule has 0 N–H and O–H groups in total. The number of nitrogens with zero attached hydrogens (tertiary/aromatic N) is 3. The second-order valence-corrected chi connectivity index (χ2v) is 6.46. The Kier molecular flexibility index (Phi) is 3.42. The van der Waals surface area contributed by atoms with Crippen molar-refractivity contribution in [3.63, 3.8) is 0 Å². The van der Waals surface area contributed by atoms with Crippen molar-refractivity contribution in [2.45, 2.75) is 19.4 Å². The zero-order chi connectivity index (χ0) is 14.1. The van der Waals surface area contributed by atoms with Crippen LogP contribution in [0.3, 0.4) is 0 Å². The van der Waals surface area contributed by atoms with Crippen LogP contribution in [0, 0.1) is 11.8 Å². The van der Waals surface area contributed by atoms with Crippen LogP contribution in [-0.4, -0.2) is 41.9 Å². The van der Waals surface area contributed by atoms with Crippen molar-refractivity contribution in [2.75, 3.05) is 26.2 Å². The number of hydrogen-bond acceptors (Lipinski definition) is 3. The van der Waals surface area contributed by atoms with Crippen LogP contribution in [-0.2, 0) is 6.54 Å². The molecule has 0 bridgehead atoms. The van der Waals surface area contributed by atoms with Crippen molar-refractivity contribution in [3.8, 4) is 0 Å². The molecular weight excluding hydrogens is 258 g/mol. The molecule has 0 spiro atoms. The summed E-state index contributed by atoms with van der Waals surface area (Å²) in [5, 5.41) is 0. The number of benzene rings is 1. The van der Waals surface area contributed by atoms with E-state index < -0.39 is 0 Å². The molecule has 0 aromatic heterocycles. The van der Waals surface area contributed by atoms with E-state index in [2.05, 4.69) is 52.3 Å². The lowest BCUT2D eigenvalue weighted by molar-refractivity contribution is 0.364. The van der Waals surface area contributed by atoms with Gasteiger partial charge in [-0.1, -0.05) is 42.5 Å². The molecule has 1 aliphatic carbocycles. The first-order valence-corrected chi connectivity index (χ1v) is 8.13. The Hall–Kier alpha value is -1.77. The lowest BCUT2D eigenvalue weighted by Crippen LogP contribution is -2.40. The second kappa shape index (κ2) is 5.55. The highest BCUT2D eigenvalue weighted by Gasteiger charge is 2.36. The molecule has 1 fully saturated rings. The van der Waals surface area contributed by atoms with Gasteiger partial charge in [-0.05, 0) is 30.2 Å². The molecular formula is C18H23N3. The standard InChI is InChI=1S/C18H23N3/c1-2-6-15(7-3-1)12-20-11-10-19-18(20)21-13-16-8-4-5-9-17(16)14-21/h1-7,16-17H,8-14H2/t16-,17+. The minimum absolute atomic E-state index is 0.844. The van der Waals surface area contributed by atoms with Gasteiger partial charge in [0.1, 0.15) is 0 Å². The number of likely N-dealkylation sites (tertiary alicyclic amines) is 1. The van der Waals surface area contributed by atoms with E-state index in [1.54, 1.807) is 0 Å². The van der Waals surface area contributed by atoms with E-state index in [0.717, 1.165) is 31.5 Å². The molecule has 2 heterocycles. The Morgan fingerprint density at radius 2 is 1.71 bits per heavy atom. The zero-order valence-electron chi connectivity index (χ0n) is 12.5. The van der Waals surface area contributed by atoms with Crippen LogP contribution >= 0.6 is 0 Å². The summed E-state index contributed by atoms with van der Waals surface area (Å²) in [6.07, 6.45) is 7.24. The number of fused-ring (bicyclic) bond motifs is 1. The fourth-order valence-corrected chi connectivity index (χ4v) is 3.90. The van der Waals surface area contributed by atoms with Crippen LogP contribution < -0.4 is 0 Å². The first-order valence-electron chi connectivity index (χ1n) is 8.13. The number of allylic oxidation sites excluding steroid dienone is 2. The maximum absolute atomic E-state index is 4.80. The number of rotatable bonds is 2. The van der Waals surface area contributed by atoms with Gasteiger partial charge < -0.3 is 9.80 Å². The van der Waals surface area contributed by atoms with Gasteiger partial charge in [-0.3, -0.25) is 4.99 Å². The van der Waals surface area contributed by atoms with E-state index in [1.807, 2.05) is 0 Å². The molecule has 0 amide bonds. The molecule has 0 saturated carbocycles. The topological polar surface area (TPSA) is 18.8 Å². The highest BCUT2D eigenvalue weighted by atomic mass is 15.4.